The number of aliphatic imine (C=N–C) groups is 1. The van der Waals surface area contributed by atoms with E-state index in [1.165, 1.54) is 5.56 Å². The molecular weight excluding hydrogens is 317 g/mol. The van der Waals surface area contributed by atoms with E-state index < -0.39 is 0 Å². The zero-order valence-electron chi connectivity index (χ0n) is 9.44. The van der Waals surface area contributed by atoms with Crippen molar-refractivity contribution < 1.29 is 0 Å². The molecule has 2 N–H and O–H groups in total. The topological polar surface area (TPSA) is 54.2 Å². The summed E-state index contributed by atoms with van der Waals surface area (Å²) in [5, 5.41) is 10.7. The van der Waals surface area contributed by atoms with Crippen LogP contribution in [0, 0.1) is 0 Å². The summed E-state index contributed by atoms with van der Waals surface area (Å²) in [6.45, 7) is 5.71. The fraction of sp³-hybridized carbons (Fsp3) is 0.600. The van der Waals surface area contributed by atoms with Crippen molar-refractivity contribution >= 4 is 29.9 Å². The average molecular weight is 335 g/mol. The Balaban J connectivity index is 0.00000128. The predicted molar refractivity (Wildman–Crippen MR) is 75.1 cm³/mol. The van der Waals surface area contributed by atoms with Gasteiger partial charge in [0.1, 0.15) is 0 Å². The summed E-state index contributed by atoms with van der Waals surface area (Å²) in [6.07, 6.45) is 5.06. The van der Waals surface area contributed by atoms with E-state index in [9.17, 15) is 0 Å². The van der Waals surface area contributed by atoms with Crippen molar-refractivity contribution in [1.29, 1.82) is 0 Å². The zero-order chi connectivity index (χ0) is 10.5. The molecule has 1 aliphatic heterocycles. The molecular formula is C10H18IN5. The Bertz CT molecular complexity index is 347. The van der Waals surface area contributed by atoms with E-state index in [0.29, 0.717) is 0 Å². The summed E-state index contributed by atoms with van der Waals surface area (Å²) in [7, 11) is 0. The average Bonchev–Trinajstić information content (AvgIpc) is 2.76. The summed E-state index contributed by atoms with van der Waals surface area (Å²) in [5.74, 6) is 0.908. The van der Waals surface area contributed by atoms with Crippen molar-refractivity contribution in [2.24, 2.45) is 4.99 Å². The number of aromatic nitrogens is 2. The van der Waals surface area contributed by atoms with Crippen LogP contribution in [0.2, 0.25) is 0 Å². The first kappa shape index (κ1) is 13.3. The van der Waals surface area contributed by atoms with E-state index in [1.54, 1.807) is 0 Å². The Morgan fingerprint density at radius 1 is 1.56 bits per heavy atom. The Morgan fingerprint density at radius 3 is 3.06 bits per heavy atom. The molecule has 0 radical (unpaired) electrons. The smallest absolute Gasteiger partial charge is 0.191 e. The molecule has 1 aromatic rings. The summed E-state index contributed by atoms with van der Waals surface area (Å²) >= 11 is 0. The number of rotatable bonds is 3. The molecule has 0 fully saturated rings. The summed E-state index contributed by atoms with van der Waals surface area (Å²) in [4.78, 5) is 4.34. The van der Waals surface area contributed by atoms with Crippen molar-refractivity contribution in [3.8, 4) is 0 Å². The first-order valence-electron chi connectivity index (χ1n) is 5.42. The van der Waals surface area contributed by atoms with Gasteiger partial charge in [0.25, 0.3) is 0 Å². The van der Waals surface area contributed by atoms with Crippen LogP contribution in [-0.4, -0.2) is 28.8 Å². The van der Waals surface area contributed by atoms with E-state index in [-0.39, 0.29) is 24.0 Å². The van der Waals surface area contributed by atoms with Crippen molar-refractivity contribution in [1.82, 2.24) is 20.4 Å². The lowest BCUT2D eigenvalue weighted by Crippen LogP contribution is -2.40. The lowest BCUT2D eigenvalue weighted by atomic mass is 10.3. The number of nitrogens with zero attached hydrogens (tertiary/aromatic N) is 3. The van der Waals surface area contributed by atoms with Crippen molar-refractivity contribution in [3.05, 3.63) is 18.0 Å². The number of aryl methyl sites for hydroxylation is 1. The number of guanidine groups is 1. The van der Waals surface area contributed by atoms with E-state index in [4.69, 9.17) is 0 Å². The van der Waals surface area contributed by atoms with Crippen molar-refractivity contribution in [2.75, 3.05) is 13.1 Å². The SMILES string of the molecule is CCn1cc(CNC2=NCCCN2)cn1.I. The van der Waals surface area contributed by atoms with Crippen LogP contribution in [0.5, 0.6) is 0 Å². The Hall–Kier alpha value is -0.790. The number of halogens is 1. The van der Waals surface area contributed by atoms with Gasteiger partial charge in [0.05, 0.1) is 6.20 Å². The second-order valence-corrected chi connectivity index (χ2v) is 3.57. The van der Waals surface area contributed by atoms with Gasteiger partial charge in [-0.3, -0.25) is 9.67 Å². The molecule has 0 unspecified atom stereocenters. The lowest BCUT2D eigenvalue weighted by Gasteiger charge is -2.15. The maximum absolute atomic E-state index is 4.34. The second-order valence-electron chi connectivity index (χ2n) is 3.57. The molecule has 0 atom stereocenters. The molecule has 2 heterocycles. The van der Waals surface area contributed by atoms with E-state index in [1.807, 2.05) is 10.9 Å². The minimum absolute atomic E-state index is 0. The van der Waals surface area contributed by atoms with Gasteiger partial charge in [0, 0.05) is 37.9 Å². The minimum atomic E-state index is 0. The minimum Gasteiger partial charge on any atom is -0.356 e. The van der Waals surface area contributed by atoms with Crippen molar-refractivity contribution in [3.63, 3.8) is 0 Å². The number of nitrogens with one attached hydrogen (secondary N) is 2. The molecule has 1 aliphatic rings. The number of hydrogen-bond acceptors (Lipinski definition) is 4. The molecule has 0 amide bonds. The van der Waals surface area contributed by atoms with Crippen LogP contribution in [0.1, 0.15) is 18.9 Å². The molecule has 0 saturated heterocycles. The molecule has 0 aromatic carbocycles. The molecule has 16 heavy (non-hydrogen) atoms. The molecule has 0 aliphatic carbocycles. The molecule has 5 nitrogen and oxygen atoms in total. The van der Waals surface area contributed by atoms with Gasteiger partial charge in [-0.15, -0.1) is 24.0 Å². The van der Waals surface area contributed by atoms with Gasteiger partial charge in [-0.25, -0.2) is 0 Å². The number of hydrogen-bond donors (Lipinski definition) is 2. The molecule has 0 saturated carbocycles. The largest absolute Gasteiger partial charge is 0.356 e. The van der Waals surface area contributed by atoms with Gasteiger partial charge in [0.2, 0.25) is 0 Å². The lowest BCUT2D eigenvalue weighted by molar-refractivity contribution is 0.658. The fourth-order valence-electron chi connectivity index (χ4n) is 1.51. The highest BCUT2D eigenvalue weighted by Gasteiger charge is 2.03. The fourth-order valence-corrected chi connectivity index (χ4v) is 1.51. The van der Waals surface area contributed by atoms with Crippen LogP contribution in [0.4, 0.5) is 0 Å². The van der Waals surface area contributed by atoms with Gasteiger partial charge in [0.15, 0.2) is 5.96 Å². The van der Waals surface area contributed by atoms with Crippen LogP contribution in [0.3, 0.4) is 0 Å². The molecule has 0 spiro atoms. The van der Waals surface area contributed by atoms with Gasteiger partial charge in [-0.1, -0.05) is 0 Å². The van der Waals surface area contributed by atoms with E-state index in [0.717, 1.165) is 38.6 Å². The highest BCUT2D eigenvalue weighted by atomic mass is 127. The summed E-state index contributed by atoms with van der Waals surface area (Å²) < 4.78 is 1.92. The highest BCUT2D eigenvalue weighted by Crippen LogP contribution is 1.97. The Morgan fingerprint density at radius 2 is 2.44 bits per heavy atom. The van der Waals surface area contributed by atoms with Gasteiger partial charge < -0.3 is 10.6 Å². The molecule has 2 rings (SSSR count). The normalized spacial score (nSPS) is 14.7. The van der Waals surface area contributed by atoms with Crippen LogP contribution in [0.25, 0.3) is 0 Å². The zero-order valence-corrected chi connectivity index (χ0v) is 11.8. The van der Waals surface area contributed by atoms with Crippen LogP contribution < -0.4 is 10.6 Å². The molecule has 0 bridgehead atoms. The van der Waals surface area contributed by atoms with Crippen LogP contribution in [0.15, 0.2) is 17.4 Å². The standard InChI is InChI=1S/C10H17N5.HI/c1-2-15-8-9(7-14-15)6-13-10-11-4-3-5-12-10;/h7-8H,2-6H2,1H3,(H2,11,12,13);1H. The summed E-state index contributed by atoms with van der Waals surface area (Å²) in [5.41, 5.74) is 1.19. The summed E-state index contributed by atoms with van der Waals surface area (Å²) in [6, 6.07) is 0. The maximum Gasteiger partial charge on any atom is 0.191 e. The van der Waals surface area contributed by atoms with E-state index in [2.05, 4.69) is 33.8 Å². The Labute approximate surface area is 113 Å². The monoisotopic (exact) mass is 335 g/mol. The maximum atomic E-state index is 4.34. The Kier molecular flexibility index (Phi) is 5.58. The predicted octanol–water partition coefficient (Wildman–Crippen LogP) is 0.960. The highest BCUT2D eigenvalue weighted by molar-refractivity contribution is 14.0. The third-order valence-corrected chi connectivity index (χ3v) is 2.37. The first-order valence-corrected chi connectivity index (χ1v) is 5.42. The van der Waals surface area contributed by atoms with Crippen LogP contribution in [-0.2, 0) is 13.1 Å². The van der Waals surface area contributed by atoms with Gasteiger partial charge in [-0.2, -0.15) is 5.10 Å². The van der Waals surface area contributed by atoms with Gasteiger partial charge in [-0.05, 0) is 13.3 Å². The third-order valence-electron chi connectivity index (χ3n) is 2.37. The molecule has 6 heteroatoms. The molecule has 90 valence electrons. The van der Waals surface area contributed by atoms with Gasteiger partial charge >= 0.3 is 0 Å². The third kappa shape index (κ3) is 3.66. The quantitative estimate of drug-likeness (QED) is 0.809. The molecule has 1 aromatic heterocycles. The second kappa shape index (κ2) is 6.72. The first-order chi connectivity index (χ1) is 7.38. The van der Waals surface area contributed by atoms with E-state index >= 15 is 0 Å². The van der Waals surface area contributed by atoms with Crippen LogP contribution >= 0.6 is 24.0 Å². The van der Waals surface area contributed by atoms with Crippen molar-refractivity contribution in [2.45, 2.75) is 26.4 Å².